The molecule has 4 aromatic rings. The number of fused-ring (bicyclic) bond motifs is 5. The van der Waals surface area contributed by atoms with Gasteiger partial charge in [0.15, 0.2) is 0 Å². The van der Waals surface area contributed by atoms with Crippen molar-refractivity contribution in [3.63, 3.8) is 0 Å². The van der Waals surface area contributed by atoms with E-state index in [1.54, 1.807) is 0 Å². The van der Waals surface area contributed by atoms with E-state index in [2.05, 4.69) is 143 Å². The average Bonchev–Trinajstić information content (AvgIpc) is 2.97. The van der Waals surface area contributed by atoms with Gasteiger partial charge in [0.2, 0.25) is 0 Å². The number of nitrogens with zero attached hydrogens (tertiary/aromatic N) is 3. The molecule has 3 nitrogen and oxygen atoms in total. The number of hydrogen-bond donors (Lipinski definition) is 0. The molecule has 0 saturated carbocycles. The normalized spacial score (nSPS) is 12.3. The zero-order valence-electron chi connectivity index (χ0n) is 21.2. The number of benzene rings is 5. The Morgan fingerprint density at radius 3 is 2.08 bits per heavy atom. The molecule has 0 bridgehead atoms. The third-order valence-electron chi connectivity index (χ3n) is 7.04. The summed E-state index contributed by atoms with van der Waals surface area (Å²) in [5.41, 5.74) is 4.61. The summed E-state index contributed by atoms with van der Waals surface area (Å²) in [5.74, 6) is 0. The fourth-order valence-corrected chi connectivity index (χ4v) is 9.62. The van der Waals surface area contributed by atoms with E-state index in [1.807, 2.05) is 6.07 Å². The van der Waals surface area contributed by atoms with E-state index in [0.717, 1.165) is 69.1 Å². The molecule has 0 fully saturated rings. The quantitative estimate of drug-likeness (QED) is 0.0570. The average molecular weight is 836 g/mol. The molecule has 1 heterocycles. The van der Waals surface area contributed by atoms with Crippen molar-refractivity contribution in [2.75, 3.05) is 18.0 Å². The molecule has 4 aromatic carbocycles. The van der Waals surface area contributed by atoms with Crippen molar-refractivity contribution < 1.29 is 0 Å². The number of hydrogen-bond acceptors (Lipinski definition) is 3. The van der Waals surface area contributed by atoms with Gasteiger partial charge in [-0.1, -0.05) is 0 Å². The maximum atomic E-state index is 5.25. The van der Waals surface area contributed by atoms with Crippen LogP contribution in [0.5, 0.6) is 0 Å². The van der Waals surface area contributed by atoms with Crippen LogP contribution in [-0.4, -0.2) is 32.6 Å². The van der Waals surface area contributed by atoms with Gasteiger partial charge in [-0.25, -0.2) is 0 Å². The molecule has 0 amide bonds. The molecule has 0 radical (unpaired) electrons. The number of halogens is 4. The second kappa shape index (κ2) is 11.4. The van der Waals surface area contributed by atoms with Gasteiger partial charge in [0.05, 0.1) is 0 Å². The summed E-state index contributed by atoms with van der Waals surface area (Å²) in [6, 6.07) is 24.0. The van der Waals surface area contributed by atoms with E-state index < -0.39 is 0 Å². The second-order valence-electron chi connectivity index (χ2n) is 9.28. The molecular weight excluding hydrogens is 813 g/mol. The van der Waals surface area contributed by atoms with Gasteiger partial charge in [0.25, 0.3) is 0 Å². The van der Waals surface area contributed by atoms with Crippen LogP contribution < -0.4 is 10.3 Å². The molecule has 0 spiro atoms. The monoisotopic (exact) mass is 833 g/mol. The van der Waals surface area contributed by atoms with Crippen LogP contribution in [0.3, 0.4) is 0 Å². The Hall–Kier alpha value is -1.54. The predicted octanol–water partition coefficient (Wildman–Crippen LogP) is 9.70. The number of anilines is 1. The summed E-state index contributed by atoms with van der Waals surface area (Å²) in [5, 5.41) is 5.50. The molecular formula is C31H23Br4N3Se. The van der Waals surface area contributed by atoms with Gasteiger partial charge in [0.1, 0.15) is 0 Å². The Bertz CT molecular complexity index is 1910. The zero-order valence-corrected chi connectivity index (χ0v) is 29.3. The standard InChI is InChI=1S/C31H23Br4N3Se/c1-3-38(4-2)18-10-11-23-25(12-18)39-26-15-24(36-16-17-8-6-5-7-9-17)19-13-20-21(14-22(19)31(26)37-23)28(33)30(35)29(34)27(20)32/h5-15H,3-4,16H2,1-2H3. The molecule has 0 aromatic heterocycles. The predicted molar refractivity (Wildman–Crippen MR) is 180 cm³/mol. The van der Waals surface area contributed by atoms with Crippen LogP contribution in [0.4, 0.5) is 5.69 Å². The van der Waals surface area contributed by atoms with Gasteiger partial charge < -0.3 is 0 Å². The van der Waals surface area contributed by atoms with E-state index in [9.17, 15) is 0 Å². The minimum absolute atomic E-state index is 0.119. The van der Waals surface area contributed by atoms with E-state index in [0.29, 0.717) is 6.54 Å². The van der Waals surface area contributed by atoms with E-state index >= 15 is 0 Å². The van der Waals surface area contributed by atoms with Crippen molar-refractivity contribution in [1.82, 2.24) is 4.98 Å². The van der Waals surface area contributed by atoms with Crippen molar-refractivity contribution in [3.05, 3.63) is 95.5 Å². The van der Waals surface area contributed by atoms with Crippen LogP contribution >= 0.6 is 63.7 Å². The molecule has 1 aliphatic heterocycles. The Labute approximate surface area is 267 Å². The first-order valence-corrected chi connectivity index (χ1v) is 17.5. The van der Waals surface area contributed by atoms with Crippen molar-refractivity contribution in [2.45, 2.75) is 20.4 Å². The number of rotatable bonds is 5. The topological polar surface area (TPSA) is 28.5 Å². The SMILES string of the molecule is CCN(CC)c1ccc2nc3c4cc5c(Br)c(Br)c(Br)c(Br)c5cc4c(=NCc4ccccc4)cc-3[se]c2c1. The summed E-state index contributed by atoms with van der Waals surface area (Å²) in [6.07, 6.45) is 0. The van der Waals surface area contributed by atoms with Crippen molar-refractivity contribution >= 4 is 115 Å². The Balaban J connectivity index is 1.69. The third-order valence-corrected chi connectivity index (χ3v) is 14.1. The van der Waals surface area contributed by atoms with E-state index in [-0.39, 0.29) is 14.5 Å². The first kappa shape index (κ1) is 27.6. The summed E-state index contributed by atoms with van der Waals surface area (Å²) in [6.45, 7) is 7.03. The Morgan fingerprint density at radius 1 is 0.744 bits per heavy atom. The summed E-state index contributed by atoms with van der Waals surface area (Å²) < 4.78 is 6.58. The molecule has 39 heavy (non-hydrogen) atoms. The fraction of sp³-hybridized carbons (Fsp3) is 0.161. The molecule has 6 rings (SSSR count). The molecule has 0 saturated heterocycles. The van der Waals surface area contributed by atoms with E-state index in [4.69, 9.17) is 9.98 Å². The van der Waals surface area contributed by atoms with Crippen LogP contribution in [0.1, 0.15) is 19.4 Å². The summed E-state index contributed by atoms with van der Waals surface area (Å²) >= 11 is 15.3. The van der Waals surface area contributed by atoms with Gasteiger partial charge in [-0.3, -0.25) is 0 Å². The minimum atomic E-state index is 0.119. The van der Waals surface area contributed by atoms with Gasteiger partial charge in [-0.05, 0) is 0 Å². The van der Waals surface area contributed by atoms with Crippen LogP contribution in [0.2, 0.25) is 0 Å². The van der Waals surface area contributed by atoms with Gasteiger partial charge >= 0.3 is 269 Å². The van der Waals surface area contributed by atoms with Crippen LogP contribution in [0.25, 0.3) is 41.5 Å². The first-order valence-electron chi connectivity index (χ1n) is 12.7. The summed E-state index contributed by atoms with van der Waals surface area (Å²) in [4.78, 5) is 12.8. The number of aromatic nitrogens is 1. The van der Waals surface area contributed by atoms with Crippen LogP contribution in [-0.2, 0) is 6.54 Å². The Morgan fingerprint density at radius 2 is 1.41 bits per heavy atom. The zero-order chi connectivity index (χ0) is 27.3. The van der Waals surface area contributed by atoms with Crippen LogP contribution in [0, 0.1) is 0 Å². The van der Waals surface area contributed by atoms with Crippen LogP contribution in [0.15, 0.2) is 89.6 Å². The van der Waals surface area contributed by atoms with Gasteiger partial charge in [0, 0.05) is 0 Å². The van der Waals surface area contributed by atoms with Crippen molar-refractivity contribution in [3.8, 4) is 10.1 Å². The Kier molecular flexibility index (Phi) is 8.06. The molecule has 2 aliphatic rings. The van der Waals surface area contributed by atoms with Gasteiger partial charge in [-0.2, -0.15) is 0 Å². The van der Waals surface area contributed by atoms with Crippen molar-refractivity contribution in [2.24, 2.45) is 4.99 Å². The first-order chi connectivity index (χ1) is 18.9. The molecule has 0 unspecified atom stereocenters. The maximum absolute atomic E-state index is 5.25. The molecule has 8 heteroatoms. The summed E-state index contributed by atoms with van der Waals surface area (Å²) in [7, 11) is 0. The second-order valence-corrected chi connectivity index (χ2v) is 14.7. The fourth-order valence-electron chi connectivity index (χ4n) is 4.99. The molecule has 196 valence electrons. The molecule has 0 atom stereocenters. The van der Waals surface area contributed by atoms with Crippen molar-refractivity contribution in [1.29, 1.82) is 0 Å². The third kappa shape index (κ3) is 5.06. The molecule has 0 N–H and O–H groups in total. The van der Waals surface area contributed by atoms with E-state index in [1.165, 1.54) is 19.9 Å². The molecule has 1 aliphatic carbocycles. The van der Waals surface area contributed by atoms with Gasteiger partial charge in [-0.15, -0.1) is 0 Å².